The van der Waals surface area contributed by atoms with Crippen molar-refractivity contribution in [1.29, 1.82) is 0 Å². The van der Waals surface area contributed by atoms with Crippen molar-refractivity contribution in [2.45, 2.75) is 19.6 Å². The van der Waals surface area contributed by atoms with Crippen molar-refractivity contribution in [3.05, 3.63) is 105 Å². The number of aryl methyl sites for hydroxylation is 1. The molecule has 0 atom stereocenters. The Hall–Kier alpha value is -3.81. The summed E-state index contributed by atoms with van der Waals surface area (Å²) in [5.74, 6) is -0.692. The number of halogens is 3. The van der Waals surface area contributed by atoms with Crippen LogP contribution in [-0.4, -0.2) is 20.3 Å². The predicted octanol–water partition coefficient (Wildman–Crippen LogP) is 4.40. The first-order valence-electron chi connectivity index (χ1n) is 9.37. The summed E-state index contributed by atoms with van der Waals surface area (Å²) >= 11 is 0. The summed E-state index contributed by atoms with van der Waals surface area (Å²) in [5.41, 5.74) is 0.351. The standard InChI is InChI=1S/C23H16F3N3O2/c1-14-5-4-6-16(28-14)12-29-13-18(22(31)17-7-2-3-8-19(17)29)21(30)15-9-10-20(27-11-15)23(24,25)26/h2-11,13H,12H2,1H3. The Balaban J connectivity index is 1.81. The number of pyridine rings is 3. The third kappa shape index (κ3) is 4.09. The van der Waals surface area contributed by atoms with E-state index in [4.69, 9.17) is 0 Å². The number of benzene rings is 1. The summed E-state index contributed by atoms with van der Waals surface area (Å²) in [6.45, 7) is 2.17. The summed E-state index contributed by atoms with van der Waals surface area (Å²) in [6, 6.07) is 14.2. The van der Waals surface area contributed by atoms with Crippen molar-refractivity contribution in [3.63, 3.8) is 0 Å². The second kappa shape index (κ2) is 7.79. The molecule has 4 aromatic rings. The quantitative estimate of drug-likeness (QED) is 0.457. The fourth-order valence-corrected chi connectivity index (χ4v) is 3.35. The van der Waals surface area contributed by atoms with Gasteiger partial charge in [0.15, 0.2) is 5.78 Å². The van der Waals surface area contributed by atoms with Crippen LogP contribution in [-0.2, 0) is 12.7 Å². The lowest BCUT2D eigenvalue weighted by atomic mass is 10.0. The number of ketones is 1. The van der Waals surface area contributed by atoms with Gasteiger partial charge in [0.1, 0.15) is 5.69 Å². The van der Waals surface area contributed by atoms with Crippen LogP contribution < -0.4 is 5.43 Å². The highest BCUT2D eigenvalue weighted by atomic mass is 19.4. The van der Waals surface area contributed by atoms with E-state index in [0.29, 0.717) is 17.4 Å². The fourth-order valence-electron chi connectivity index (χ4n) is 3.35. The van der Waals surface area contributed by atoms with E-state index in [1.54, 1.807) is 28.8 Å². The molecule has 5 nitrogen and oxygen atoms in total. The van der Waals surface area contributed by atoms with E-state index in [0.717, 1.165) is 29.7 Å². The molecule has 0 spiro atoms. The van der Waals surface area contributed by atoms with Gasteiger partial charge in [0, 0.05) is 29.0 Å². The van der Waals surface area contributed by atoms with Gasteiger partial charge in [-0.2, -0.15) is 13.2 Å². The lowest BCUT2D eigenvalue weighted by Crippen LogP contribution is -2.20. The van der Waals surface area contributed by atoms with Crippen LogP contribution in [0.25, 0.3) is 10.9 Å². The first-order valence-corrected chi connectivity index (χ1v) is 9.37. The number of alkyl halides is 3. The zero-order valence-electron chi connectivity index (χ0n) is 16.3. The number of hydrogen-bond donors (Lipinski definition) is 0. The zero-order chi connectivity index (χ0) is 22.2. The highest BCUT2D eigenvalue weighted by Crippen LogP contribution is 2.27. The van der Waals surface area contributed by atoms with E-state index in [-0.39, 0.29) is 11.1 Å². The molecule has 3 aromatic heterocycles. The molecule has 0 aliphatic heterocycles. The van der Waals surface area contributed by atoms with Crippen LogP contribution >= 0.6 is 0 Å². The molecule has 31 heavy (non-hydrogen) atoms. The Bertz CT molecular complexity index is 1340. The first-order chi connectivity index (χ1) is 14.7. The molecule has 0 unspecified atom stereocenters. The van der Waals surface area contributed by atoms with Gasteiger partial charge in [-0.25, -0.2) is 0 Å². The Morgan fingerprint density at radius 3 is 2.48 bits per heavy atom. The van der Waals surface area contributed by atoms with Crippen molar-refractivity contribution in [3.8, 4) is 0 Å². The van der Waals surface area contributed by atoms with Crippen LogP contribution in [0.3, 0.4) is 0 Å². The van der Waals surface area contributed by atoms with E-state index in [2.05, 4.69) is 9.97 Å². The number of nitrogens with zero attached hydrogens (tertiary/aromatic N) is 3. The molecule has 0 bridgehead atoms. The number of aromatic nitrogens is 3. The molecule has 0 radical (unpaired) electrons. The van der Waals surface area contributed by atoms with Gasteiger partial charge in [0.2, 0.25) is 5.43 Å². The van der Waals surface area contributed by atoms with Crippen molar-refractivity contribution < 1.29 is 18.0 Å². The van der Waals surface area contributed by atoms with Crippen LogP contribution in [0.2, 0.25) is 0 Å². The Morgan fingerprint density at radius 2 is 1.81 bits per heavy atom. The van der Waals surface area contributed by atoms with Gasteiger partial charge in [-0.15, -0.1) is 0 Å². The zero-order valence-corrected chi connectivity index (χ0v) is 16.3. The van der Waals surface area contributed by atoms with Crippen LogP contribution in [0.15, 0.2) is 71.8 Å². The molecule has 3 heterocycles. The number of para-hydroxylation sites is 1. The molecule has 0 saturated heterocycles. The number of carbonyl (C=O) groups excluding carboxylic acids is 1. The van der Waals surface area contributed by atoms with Gasteiger partial charge in [0.25, 0.3) is 0 Å². The van der Waals surface area contributed by atoms with Crippen molar-refractivity contribution in [2.75, 3.05) is 0 Å². The maximum atomic E-state index is 13.0. The molecular weight excluding hydrogens is 407 g/mol. The largest absolute Gasteiger partial charge is 0.433 e. The van der Waals surface area contributed by atoms with Gasteiger partial charge < -0.3 is 4.57 Å². The fraction of sp³-hybridized carbons (Fsp3) is 0.130. The molecule has 0 aliphatic carbocycles. The molecule has 156 valence electrons. The molecule has 4 rings (SSSR count). The van der Waals surface area contributed by atoms with Crippen molar-refractivity contribution >= 4 is 16.7 Å². The average molecular weight is 423 g/mol. The summed E-state index contributed by atoms with van der Waals surface area (Å²) < 4.78 is 40.0. The molecule has 0 N–H and O–H groups in total. The van der Waals surface area contributed by atoms with Crippen LogP contribution in [0.5, 0.6) is 0 Å². The van der Waals surface area contributed by atoms with Crippen LogP contribution in [0, 0.1) is 6.92 Å². The minimum atomic E-state index is -4.61. The molecule has 1 aromatic carbocycles. The maximum Gasteiger partial charge on any atom is 0.433 e. The summed E-state index contributed by atoms with van der Waals surface area (Å²) in [5, 5.41) is 0.334. The van der Waals surface area contributed by atoms with E-state index in [1.807, 2.05) is 25.1 Å². The first kappa shape index (κ1) is 20.5. The van der Waals surface area contributed by atoms with Crippen LogP contribution in [0.4, 0.5) is 13.2 Å². The molecule has 0 amide bonds. The number of carbonyl (C=O) groups is 1. The molecule has 0 fully saturated rings. The maximum absolute atomic E-state index is 13.0. The van der Waals surface area contributed by atoms with Crippen LogP contribution in [0.1, 0.15) is 33.0 Å². The van der Waals surface area contributed by atoms with Gasteiger partial charge >= 0.3 is 6.18 Å². The Morgan fingerprint density at radius 1 is 1.03 bits per heavy atom. The molecular formula is C23H16F3N3O2. The molecule has 0 saturated carbocycles. The second-order valence-electron chi connectivity index (χ2n) is 7.05. The molecule has 8 heteroatoms. The highest BCUT2D eigenvalue weighted by molar-refractivity contribution is 6.09. The van der Waals surface area contributed by atoms with Gasteiger partial charge in [0.05, 0.1) is 23.3 Å². The normalized spacial score (nSPS) is 11.6. The van der Waals surface area contributed by atoms with E-state index >= 15 is 0 Å². The predicted molar refractivity (Wildman–Crippen MR) is 109 cm³/mol. The second-order valence-corrected chi connectivity index (χ2v) is 7.05. The summed E-state index contributed by atoms with van der Waals surface area (Å²) in [7, 11) is 0. The van der Waals surface area contributed by atoms with Gasteiger partial charge in [-0.1, -0.05) is 18.2 Å². The third-order valence-corrected chi connectivity index (χ3v) is 4.83. The number of hydrogen-bond acceptors (Lipinski definition) is 4. The van der Waals surface area contributed by atoms with E-state index in [1.165, 1.54) is 6.20 Å². The average Bonchev–Trinajstić information content (AvgIpc) is 2.75. The Labute approximate surface area is 174 Å². The lowest BCUT2D eigenvalue weighted by molar-refractivity contribution is -0.141. The monoisotopic (exact) mass is 423 g/mol. The van der Waals surface area contributed by atoms with Gasteiger partial charge in [-0.05, 0) is 43.3 Å². The lowest BCUT2D eigenvalue weighted by Gasteiger charge is -2.13. The summed E-state index contributed by atoms with van der Waals surface area (Å²) in [6.07, 6.45) is -2.35. The smallest absolute Gasteiger partial charge is 0.340 e. The number of fused-ring (bicyclic) bond motifs is 1. The minimum Gasteiger partial charge on any atom is -0.340 e. The van der Waals surface area contributed by atoms with E-state index in [9.17, 15) is 22.8 Å². The van der Waals surface area contributed by atoms with Crippen molar-refractivity contribution in [1.82, 2.24) is 14.5 Å². The SMILES string of the molecule is Cc1cccc(Cn2cc(C(=O)c3ccc(C(F)(F)F)nc3)c(=O)c3ccccc32)n1. The molecule has 0 aliphatic rings. The Kier molecular flexibility index (Phi) is 5.14. The summed E-state index contributed by atoms with van der Waals surface area (Å²) in [4.78, 5) is 33.7. The number of rotatable bonds is 4. The van der Waals surface area contributed by atoms with Crippen molar-refractivity contribution in [2.24, 2.45) is 0 Å². The highest BCUT2D eigenvalue weighted by Gasteiger charge is 2.32. The van der Waals surface area contributed by atoms with Gasteiger partial charge in [-0.3, -0.25) is 19.6 Å². The van der Waals surface area contributed by atoms with E-state index < -0.39 is 23.1 Å². The minimum absolute atomic E-state index is 0.0967. The topological polar surface area (TPSA) is 64.8 Å². The third-order valence-electron chi connectivity index (χ3n) is 4.83.